The zero-order valence-electron chi connectivity index (χ0n) is 7.98. The highest BCUT2D eigenvalue weighted by Crippen LogP contribution is 2.24. The number of thioether (sulfide) groups is 1. The predicted molar refractivity (Wildman–Crippen MR) is 61.5 cm³/mol. The van der Waals surface area contributed by atoms with Gasteiger partial charge in [0.2, 0.25) is 9.05 Å². The second-order valence-electron chi connectivity index (χ2n) is 2.82. The van der Waals surface area contributed by atoms with E-state index in [1.807, 2.05) is 0 Å². The van der Waals surface area contributed by atoms with Crippen LogP contribution >= 0.6 is 22.4 Å². The molecule has 0 fully saturated rings. The van der Waals surface area contributed by atoms with Gasteiger partial charge in [-0.15, -0.1) is 11.8 Å². The Morgan fingerprint density at radius 2 is 2.19 bits per heavy atom. The normalized spacial score (nSPS) is 11.1. The molecule has 86 valence electrons. The van der Waals surface area contributed by atoms with Gasteiger partial charge in [0.1, 0.15) is 17.4 Å². The third-order valence-electron chi connectivity index (χ3n) is 1.67. The van der Waals surface area contributed by atoms with Crippen LogP contribution in [0, 0.1) is 17.1 Å². The Morgan fingerprint density at radius 1 is 1.50 bits per heavy atom. The summed E-state index contributed by atoms with van der Waals surface area (Å²) in [5.41, 5.74) is -0.0699. The fourth-order valence-corrected chi connectivity index (χ4v) is 3.36. The zero-order chi connectivity index (χ0) is 12.2. The molecular formula is C9H7ClFNO2S2. The van der Waals surface area contributed by atoms with Crippen molar-refractivity contribution >= 4 is 31.5 Å². The van der Waals surface area contributed by atoms with Crippen molar-refractivity contribution in [2.45, 2.75) is 4.90 Å². The summed E-state index contributed by atoms with van der Waals surface area (Å²) in [6, 6.07) is 5.94. The fourth-order valence-electron chi connectivity index (χ4n) is 0.984. The first-order valence-corrected chi connectivity index (χ1v) is 7.64. The van der Waals surface area contributed by atoms with Gasteiger partial charge in [0, 0.05) is 21.3 Å². The van der Waals surface area contributed by atoms with E-state index in [4.69, 9.17) is 15.9 Å². The zero-order valence-corrected chi connectivity index (χ0v) is 10.4. The van der Waals surface area contributed by atoms with E-state index in [0.717, 1.165) is 11.8 Å². The first kappa shape index (κ1) is 13.3. The number of halogens is 2. The molecule has 0 aliphatic rings. The lowest BCUT2D eigenvalue weighted by molar-refractivity contribution is 0.611. The molecule has 3 nitrogen and oxygen atoms in total. The molecule has 7 heteroatoms. The van der Waals surface area contributed by atoms with Gasteiger partial charge >= 0.3 is 0 Å². The molecule has 0 heterocycles. The van der Waals surface area contributed by atoms with Crippen molar-refractivity contribution in [3.63, 3.8) is 0 Å². The molecule has 0 atom stereocenters. The van der Waals surface area contributed by atoms with Crippen molar-refractivity contribution in [3.8, 4) is 6.07 Å². The molecule has 0 radical (unpaired) electrons. The van der Waals surface area contributed by atoms with Gasteiger partial charge in [-0.1, -0.05) is 6.07 Å². The maximum absolute atomic E-state index is 13.1. The molecule has 0 saturated heterocycles. The molecule has 0 amide bonds. The Kier molecular flexibility index (Phi) is 4.59. The highest BCUT2D eigenvalue weighted by atomic mass is 35.7. The van der Waals surface area contributed by atoms with Crippen molar-refractivity contribution < 1.29 is 12.8 Å². The first-order chi connectivity index (χ1) is 7.44. The third-order valence-corrected chi connectivity index (χ3v) is 4.14. The van der Waals surface area contributed by atoms with E-state index >= 15 is 0 Å². The van der Waals surface area contributed by atoms with Crippen LogP contribution in [0.2, 0.25) is 0 Å². The average molecular weight is 280 g/mol. The van der Waals surface area contributed by atoms with Crippen LogP contribution < -0.4 is 0 Å². The van der Waals surface area contributed by atoms with Gasteiger partial charge in [-0.2, -0.15) is 5.26 Å². The minimum absolute atomic E-state index is 0.0699. The molecule has 0 spiro atoms. The highest BCUT2D eigenvalue weighted by Gasteiger charge is 2.10. The summed E-state index contributed by atoms with van der Waals surface area (Å²) in [6.07, 6.45) is 0. The van der Waals surface area contributed by atoms with E-state index in [2.05, 4.69) is 0 Å². The number of benzene rings is 1. The summed E-state index contributed by atoms with van der Waals surface area (Å²) >= 11 is 1.09. The van der Waals surface area contributed by atoms with Gasteiger partial charge in [-0.3, -0.25) is 0 Å². The molecular weight excluding hydrogens is 273 g/mol. The largest absolute Gasteiger partial charge is 0.233 e. The molecule has 0 saturated carbocycles. The Labute approximate surface area is 102 Å². The number of hydrogen-bond acceptors (Lipinski definition) is 4. The minimum atomic E-state index is -3.55. The van der Waals surface area contributed by atoms with E-state index in [0.29, 0.717) is 4.90 Å². The number of hydrogen-bond donors (Lipinski definition) is 0. The van der Waals surface area contributed by atoms with Crippen LogP contribution in [0.25, 0.3) is 0 Å². The van der Waals surface area contributed by atoms with E-state index in [-0.39, 0.29) is 17.1 Å². The SMILES string of the molecule is N#Cc1c(F)cccc1SCCS(=O)(=O)Cl. The standard InChI is InChI=1S/C9H7ClFNO2S2/c10-16(13,14)5-4-15-9-3-1-2-8(11)7(9)6-12/h1-3H,4-5H2. The quantitative estimate of drug-likeness (QED) is 0.627. The van der Waals surface area contributed by atoms with Crippen LogP contribution in [0.3, 0.4) is 0 Å². The van der Waals surface area contributed by atoms with Crippen LogP contribution in [0.15, 0.2) is 23.1 Å². The molecule has 0 unspecified atom stereocenters. The van der Waals surface area contributed by atoms with Crippen molar-refractivity contribution in [2.24, 2.45) is 0 Å². The van der Waals surface area contributed by atoms with E-state index in [9.17, 15) is 12.8 Å². The van der Waals surface area contributed by atoms with Gasteiger partial charge < -0.3 is 0 Å². The van der Waals surface area contributed by atoms with E-state index in [1.54, 1.807) is 12.1 Å². The Morgan fingerprint density at radius 3 is 2.75 bits per heavy atom. The van der Waals surface area contributed by atoms with Crippen molar-refractivity contribution in [3.05, 3.63) is 29.6 Å². The lowest BCUT2D eigenvalue weighted by Gasteiger charge is -2.03. The second kappa shape index (κ2) is 5.53. The number of nitriles is 1. The topological polar surface area (TPSA) is 57.9 Å². The maximum Gasteiger partial charge on any atom is 0.233 e. The molecule has 16 heavy (non-hydrogen) atoms. The van der Waals surface area contributed by atoms with Gasteiger partial charge in [-0.25, -0.2) is 12.8 Å². The monoisotopic (exact) mass is 279 g/mol. The van der Waals surface area contributed by atoms with Gasteiger partial charge in [-0.05, 0) is 12.1 Å². The van der Waals surface area contributed by atoms with Crippen molar-refractivity contribution in [2.75, 3.05) is 11.5 Å². The van der Waals surface area contributed by atoms with Crippen LogP contribution in [0.1, 0.15) is 5.56 Å². The second-order valence-corrected chi connectivity index (χ2v) is 6.85. The number of nitrogens with zero attached hydrogens (tertiary/aromatic N) is 1. The van der Waals surface area contributed by atoms with Crippen molar-refractivity contribution in [1.29, 1.82) is 5.26 Å². The van der Waals surface area contributed by atoms with Crippen molar-refractivity contribution in [1.82, 2.24) is 0 Å². The number of rotatable bonds is 4. The molecule has 0 bridgehead atoms. The lowest BCUT2D eigenvalue weighted by Crippen LogP contribution is -2.00. The summed E-state index contributed by atoms with van der Waals surface area (Å²) in [6.45, 7) is 0. The summed E-state index contributed by atoms with van der Waals surface area (Å²) in [7, 11) is 1.47. The van der Waals surface area contributed by atoms with E-state index in [1.165, 1.54) is 12.1 Å². The van der Waals surface area contributed by atoms with Crippen LogP contribution in [-0.2, 0) is 9.05 Å². The smallest absolute Gasteiger partial charge is 0.212 e. The predicted octanol–water partition coefficient (Wildman–Crippen LogP) is 2.36. The highest BCUT2D eigenvalue weighted by molar-refractivity contribution is 8.14. The summed E-state index contributed by atoms with van der Waals surface area (Å²) < 4.78 is 34.4. The van der Waals surface area contributed by atoms with Crippen LogP contribution in [0.4, 0.5) is 4.39 Å². The molecule has 0 N–H and O–H groups in total. The summed E-state index contributed by atoms with van der Waals surface area (Å²) in [5, 5.41) is 8.71. The Bertz CT molecular complexity index is 525. The van der Waals surface area contributed by atoms with E-state index < -0.39 is 14.9 Å². The average Bonchev–Trinajstić information content (AvgIpc) is 2.16. The van der Waals surface area contributed by atoms with Crippen LogP contribution in [0.5, 0.6) is 0 Å². The summed E-state index contributed by atoms with van der Waals surface area (Å²) in [5.74, 6) is -0.647. The summed E-state index contributed by atoms with van der Waals surface area (Å²) in [4.78, 5) is 0.419. The van der Waals surface area contributed by atoms with Gasteiger partial charge in [0.25, 0.3) is 0 Å². The minimum Gasteiger partial charge on any atom is -0.212 e. The fraction of sp³-hybridized carbons (Fsp3) is 0.222. The molecule has 1 aromatic carbocycles. The lowest BCUT2D eigenvalue weighted by atomic mass is 10.2. The first-order valence-electron chi connectivity index (χ1n) is 4.18. The maximum atomic E-state index is 13.1. The molecule has 0 aromatic heterocycles. The molecule has 1 rings (SSSR count). The Balaban J connectivity index is 2.76. The van der Waals surface area contributed by atoms with Crippen LogP contribution in [-0.4, -0.2) is 19.9 Å². The molecule has 0 aliphatic heterocycles. The Hall–Kier alpha value is -0.770. The molecule has 1 aromatic rings. The van der Waals surface area contributed by atoms with Gasteiger partial charge in [0.15, 0.2) is 0 Å². The molecule has 0 aliphatic carbocycles. The third kappa shape index (κ3) is 4.00. The van der Waals surface area contributed by atoms with Gasteiger partial charge in [0.05, 0.1) is 5.75 Å².